The standard InChI is InChI=1S/C22H24N6O4/c1-31-15-7-6-12-4-2-3-5-13(12)14(15)8-24-20-18-21(26-10-25-20)28(11-27-18)22-17(23)19(30)16(9-29)32-22/h2-7,10-11,16-17,19,22,29-30H,8-9,23H2,1H3,(H,24,25,26)/t16-,17-,19-,22-/m1/s1. The van der Waals surface area contributed by atoms with Crippen LogP contribution in [-0.2, 0) is 11.3 Å². The second-order valence-corrected chi connectivity index (χ2v) is 7.68. The summed E-state index contributed by atoms with van der Waals surface area (Å²) in [7, 11) is 1.65. The van der Waals surface area contributed by atoms with E-state index in [1.807, 2.05) is 24.3 Å². The van der Waals surface area contributed by atoms with Crippen LogP contribution in [0.25, 0.3) is 21.9 Å². The first-order chi connectivity index (χ1) is 15.6. The highest BCUT2D eigenvalue weighted by atomic mass is 16.5. The number of methoxy groups -OCH3 is 1. The first-order valence-electron chi connectivity index (χ1n) is 10.3. The van der Waals surface area contributed by atoms with Crippen LogP contribution in [0.15, 0.2) is 49.1 Å². The van der Waals surface area contributed by atoms with Crippen LogP contribution in [0.1, 0.15) is 11.8 Å². The summed E-state index contributed by atoms with van der Waals surface area (Å²) in [5.74, 6) is 1.33. The monoisotopic (exact) mass is 436 g/mol. The van der Waals surface area contributed by atoms with Gasteiger partial charge in [0.05, 0.1) is 26.1 Å². The third-order valence-corrected chi connectivity index (χ3v) is 5.88. The summed E-state index contributed by atoms with van der Waals surface area (Å²) in [4.78, 5) is 13.2. The van der Waals surface area contributed by atoms with Gasteiger partial charge in [0.2, 0.25) is 0 Å². The molecule has 2 aromatic heterocycles. The molecule has 0 unspecified atom stereocenters. The molecule has 0 radical (unpaired) electrons. The van der Waals surface area contributed by atoms with Gasteiger partial charge in [0, 0.05) is 12.1 Å². The molecular formula is C22H24N6O4. The zero-order valence-corrected chi connectivity index (χ0v) is 17.4. The molecule has 10 nitrogen and oxygen atoms in total. The smallest absolute Gasteiger partial charge is 0.167 e. The van der Waals surface area contributed by atoms with Crippen LogP contribution in [0.3, 0.4) is 0 Å². The second-order valence-electron chi connectivity index (χ2n) is 7.68. The van der Waals surface area contributed by atoms with Gasteiger partial charge in [0.25, 0.3) is 0 Å². The Balaban J connectivity index is 1.47. The maximum absolute atomic E-state index is 10.2. The first kappa shape index (κ1) is 20.6. The minimum Gasteiger partial charge on any atom is -0.496 e. The number of nitrogens with zero attached hydrogens (tertiary/aromatic N) is 4. The minimum absolute atomic E-state index is 0.327. The zero-order valence-electron chi connectivity index (χ0n) is 17.4. The largest absolute Gasteiger partial charge is 0.496 e. The van der Waals surface area contributed by atoms with Crippen molar-refractivity contribution in [1.29, 1.82) is 0 Å². The summed E-state index contributed by atoms with van der Waals surface area (Å²) < 4.78 is 13.0. The van der Waals surface area contributed by atoms with E-state index in [0.29, 0.717) is 23.5 Å². The Morgan fingerprint density at radius 1 is 1.19 bits per heavy atom. The number of nitrogens with one attached hydrogen (secondary N) is 1. The lowest BCUT2D eigenvalue weighted by Gasteiger charge is -2.17. The molecule has 166 valence electrons. The van der Waals surface area contributed by atoms with Crippen LogP contribution in [-0.4, -0.2) is 61.7 Å². The van der Waals surface area contributed by atoms with Gasteiger partial charge in [-0.25, -0.2) is 15.0 Å². The first-order valence-corrected chi connectivity index (χ1v) is 10.3. The molecule has 0 saturated carbocycles. The van der Waals surface area contributed by atoms with E-state index < -0.39 is 24.5 Å². The van der Waals surface area contributed by atoms with E-state index in [2.05, 4.69) is 32.4 Å². The van der Waals surface area contributed by atoms with Crippen molar-refractivity contribution in [2.45, 2.75) is 31.0 Å². The summed E-state index contributed by atoms with van der Waals surface area (Å²) in [5.41, 5.74) is 8.19. The second kappa shape index (κ2) is 8.32. The van der Waals surface area contributed by atoms with Gasteiger partial charge in [-0.2, -0.15) is 0 Å². The molecule has 1 fully saturated rings. The van der Waals surface area contributed by atoms with Gasteiger partial charge >= 0.3 is 0 Å². The van der Waals surface area contributed by atoms with Gasteiger partial charge in [-0.3, -0.25) is 4.57 Å². The van der Waals surface area contributed by atoms with Crippen molar-refractivity contribution in [3.8, 4) is 5.75 Å². The van der Waals surface area contributed by atoms with E-state index in [0.717, 1.165) is 22.1 Å². The van der Waals surface area contributed by atoms with Crippen LogP contribution in [0.5, 0.6) is 5.75 Å². The molecule has 4 aromatic rings. The lowest BCUT2D eigenvalue weighted by molar-refractivity contribution is -0.0437. The van der Waals surface area contributed by atoms with Crippen molar-refractivity contribution in [1.82, 2.24) is 19.5 Å². The number of aliphatic hydroxyl groups excluding tert-OH is 2. The molecule has 1 aliphatic heterocycles. The van der Waals surface area contributed by atoms with Gasteiger partial charge in [-0.05, 0) is 16.8 Å². The number of aromatic nitrogens is 4. The van der Waals surface area contributed by atoms with E-state index in [4.69, 9.17) is 15.2 Å². The van der Waals surface area contributed by atoms with Crippen molar-refractivity contribution < 1.29 is 19.7 Å². The Morgan fingerprint density at radius 2 is 2.03 bits per heavy atom. The molecule has 5 rings (SSSR count). The third kappa shape index (κ3) is 3.33. The van der Waals surface area contributed by atoms with Crippen LogP contribution in [0.2, 0.25) is 0 Å². The number of rotatable bonds is 6. The summed E-state index contributed by atoms with van der Waals surface area (Å²) in [6.07, 6.45) is 0.545. The van der Waals surface area contributed by atoms with Gasteiger partial charge in [0.15, 0.2) is 23.2 Å². The van der Waals surface area contributed by atoms with Crippen molar-refractivity contribution in [2.24, 2.45) is 5.73 Å². The molecule has 1 saturated heterocycles. The molecule has 0 aliphatic carbocycles. The average molecular weight is 436 g/mol. The fraction of sp³-hybridized carbons (Fsp3) is 0.318. The SMILES string of the molecule is COc1ccc2ccccc2c1CNc1ncnc2c1ncn2[C@@H]1O[C@H](CO)[C@@H](O)[C@H]1N. The summed E-state index contributed by atoms with van der Waals surface area (Å²) in [5, 5.41) is 25.2. The van der Waals surface area contributed by atoms with E-state index in [1.165, 1.54) is 6.33 Å². The van der Waals surface area contributed by atoms with E-state index in [1.54, 1.807) is 18.0 Å². The molecule has 5 N–H and O–H groups in total. The number of ether oxygens (including phenoxy) is 2. The average Bonchev–Trinajstić information content (AvgIpc) is 3.38. The van der Waals surface area contributed by atoms with E-state index in [-0.39, 0.29) is 6.61 Å². The van der Waals surface area contributed by atoms with Crippen molar-refractivity contribution in [2.75, 3.05) is 19.0 Å². The molecule has 0 bridgehead atoms. The molecular weight excluding hydrogens is 412 g/mol. The maximum atomic E-state index is 10.2. The van der Waals surface area contributed by atoms with Crippen molar-refractivity contribution in [3.05, 3.63) is 54.6 Å². The van der Waals surface area contributed by atoms with E-state index in [9.17, 15) is 10.2 Å². The molecule has 0 amide bonds. The Labute approximate surface area is 183 Å². The Morgan fingerprint density at radius 3 is 2.81 bits per heavy atom. The van der Waals surface area contributed by atoms with Gasteiger partial charge in [0.1, 0.15) is 24.3 Å². The normalized spacial score (nSPS) is 23.1. The van der Waals surface area contributed by atoms with Gasteiger partial charge in [-0.15, -0.1) is 0 Å². The Kier molecular flexibility index (Phi) is 5.35. The summed E-state index contributed by atoms with van der Waals surface area (Å²) in [6.45, 7) is 0.140. The number of fused-ring (bicyclic) bond motifs is 2. The highest BCUT2D eigenvalue weighted by Gasteiger charge is 2.42. The van der Waals surface area contributed by atoms with Crippen molar-refractivity contribution in [3.63, 3.8) is 0 Å². The van der Waals surface area contributed by atoms with E-state index >= 15 is 0 Å². The number of hydrogen-bond acceptors (Lipinski definition) is 9. The van der Waals surface area contributed by atoms with Crippen LogP contribution in [0, 0.1) is 0 Å². The van der Waals surface area contributed by atoms with Gasteiger partial charge < -0.3 is 30.7 Å². The summed E-state index contributed by atoms with van der Waals surface area (Å²) in [6, 6.07) is 11.4. The fourth-order valence-corrected chi connectivity index (χ4v) is 4.20. The topological polar surface area (TPSA) is 141 Å². The molecule has 10 heteroatoms. The molecule has 4 atom stereocenters. The summed E-state index contributed by atoms with van der Waals surface area (Å²) >= 11 is 0. The van der Waals surface area contributed by atoms with Gasteiger partial charge in [-0.1, -0.05) is 30.3 Å². The minimum atomic E-state index is -0.985. The molecule has 32 heavy (non-hydrogen) atoms. The number of aliphatic hydroxyl groups is 2. The highest BCUT2D eigenvalue weighted by molar-refractivity contribution is 5.88. The Bertz CT molecular complexity index is 1260. The van der Waals surface area contributed by atoms with Crippen LogP contribution in [0.4, 0.5) is 5.82 Å². The molecule has 1 aliphatic rings. The molecule has 0 spiro atoms. The van der Waals surface area contributed by atoms with Crippen LogP contribution < -0.4 is 15.8 Å². The number of imidazole rings is 1. The molecule has 2 aromatic carbocycles. The number of benzene rings is 2. The maximum Gasteiger partial charge on any atom is 0.167 e. The van der Waals surface area contributed by atoms with Crippen molar-refractivity contribution >= 4 is 27.8 Å². The quantitative estimate of drug-likeness (QED) is 0.351. The predicted molar refractivity (Wildman–Crippen MR) is 118 cm³/mol. The molecule has 3 heterocycles. The predicted octanol–water partition coefficient (Wildman–Crippen LogP) is 1.18. The lowest BCUT2D eigenvalue weighted by atomic mass is 10.0. The third-order valence-electron chi connectivity index (χ3n) is 5.88. The Hall–Kier alpha value is -3.31. The number of anilines is 1. The lowest BCUT2D eigenvalue weighted by Crippen LogP contribution is -2.39. The van der Waals surface area contributed by atoms with Crippen LogP contribution >= 0.6 is 0 Å². The zero-order chi connectivity index (χ0) is 22.2. The number of nitrogens with two attached hydrogens (primary N) is 1. The number of hydrogen-bond donors (Lipinski definition) is 4. The fourth-order valence-electron chi connectivity index (χ4n) is 4.20. The highest BCUT2D eigenvalue weighted by Crippen LogP contribution is 2.32.